The van der Waals surface area contributed by atoms with E-state index in [-0.39, 0.29) is 10.8 Å². The molecule has 0 unspecified atom stereocenters. The van der Waals surface area contributed by atoms with Crippen LogP contribution in [0, 0.1) is 5.82 Å². The largest absolute Gasteiger partial charge is 0.385 e. The standard InChI is InChI=1S/C20H23FN2O4S/c1-27-14-2-13-22-19(24)20(11-12-20)15-3-7-17(8-4-15)23-28(25,26)18-9-5-16(21)6-10-18/h3-10,23H,2,11-14H2,1H3,(H,22,24). The molecular formula is C20H23FN2O4S. The fraction of sp³-hybridized carbons (Fsp3) is 0.350. The number of carbonyl (C=O) groups is 1. The molecule has 2 aromatic rings. The minimum Gasteiger partial charge on any atom is -0.385 e. The number of hydrogen-bond donors (Lipinski definition) is 2. The second-order valence-corrected chi connectivity index (χ2v) is 8.50. The molecule has 0 bridgehead atoms. The number of benzene rings is 2. The molecule has 1 aliphatic carbocycles. The molecule has 0 aromatic heterocycles. The van der Waals surface area contributed by atoms with Crippen molar-refractivity contribution in [1.82, 2.24) is 5.32 Å². The number of halogens is 1. The Morgan fingerprint density at radius 2 is 1.75 bits per heavy atom. The van der Waals surface area contributed by atoms with Gasteiger partial charge < -0.3 is 10.1 Å². The summed E-state index contributed by atoms with van der Waals surface area (Å²) in [5.74, 6) is -0.512. The smallest absolute Gasteiger partial charge is 0.261 e. The maximum atomic E-state index is 13.0. The van der Waals surface area contributed by atoms with Gasteiger partial charge in [-0.2, -0.15) is 0 Å². The van der Waals surface area contributed by atoms with Crippen LogP contribution in [0.25, 0.3) is 0 Å². The number of anilines is 1. The van der Waals surface area contributed by atoms with Gasteiger partial charge in [0.2, 0.25) is 5.91 Å². The lowest BCUT2D eigenvalue weighted by Crippen LogP contribution is -2.35. The van der Waals surface area contributed by atoms with Crippen molar-refractivity contribution in [2.75, 3.05) is 25.0 Å². The molecule has 6 nitrogen and oxygen atoms in total. The van der Waals surface area contributed by atoms with Crippen molar-refractivity contribution in [2.24, 2.45) is 0 Å². The first-order valence-electron chi connectivity index (χ1n) is 9.04. The van der Waals surface area contributed by atoms with E-state index < -0.39 is 21.3 Å². The molecule has 1 amide bonds. The Morgan fingerprint density at radius 3 is 2.32 bits per heavy atom. The number of ether oxygens (including phenoxy) is 1. The van der Waals surface area contributed by atoms with E-state index in [4.69, 9.17) is 4.74 Å². The van der Waals surface area contributed by atoms with Gasteiger partial charge in [0.05, 0.1) is 10.3 Å². The lowest BCUT2D eigenvalue weighted by atomic mass is 9.95. The second-order valence-electron chi connectivity index (χ2n) is 6.82. The van der Waals surface area contributed by atoms with Crippen LogP contribution >= 0.6 is 0 Å². The fourth-order valence-corrected chi connectivity index (χ4v) is 4.10. The van der Waals surface area contributed by atoms with Crippen LogP contribution in [0.3, 0.4) is 0 Å². The molecule has 1 fully saturated rings. The SMILES string of the molecule is COCCCNC(=O)C1(c2ccc(NS(=O)(=O)c3ccc(F)cc3)cc2)CC1. The zero-order valence-corrected chi connectivity index (χ0v) is 16.4. The molecule has 0 saturated heterocycles. The predicted octanol–water partition coefficient (Wildman–Crippen LogP) is 2.81. The number of nitrogens with one attached hydrogen (secondary N) is 2. The Balaban J connectivity index is 1.66. The Labute approximate surface area is 164 Å². The highest BCUT2D eigenvalue weighted by molar-refractivity contribution is 7.92. The number of sulfonamides is 1. The molecule has 0 radical (unpaired) electrons. The van der Waals surface area contributed by atoms with Crippen LogP contribution in [0.2, 0.25) is 0 Å². The van der Waals surface area contributed by atoms with Crippen LogP contribution in [-0.2, 0) is 25.0 Å². The first kappa shape index (κ1) is 20.3. The van der Waals surface area contributed by atoms with Crippen LogP contribution in [0.1, 0.15) is 24.8 Å². The van der Waals surface area contributed by atoms with Gasteiger partial charge in [-0.15, -0.1) is 0 Å². The summed E-state index contributed by atoms with van der Waals surface area (Å²) in [7, 11) is -2.18. The van der Waals surface area contributed by atoms with Crippen molar-refractivity contribution >= 4 is 21.6 Å². The van der Waals surface area contributed by atoms with Crippen molar-refractivity contribution in [2.45, 2.75) is 29.6 Å². The molecule has 8 heteroatoms. The highest BCUT2D eigenvalue weighted by Crippen LogP contribution is 2.48. The number of hydrogen-bond acceptors (Lipinski definition) is 4. The predicted molar refractivity (Wildman–Crippen MR) is 104 cm³/mol. The van der Waals surface area contributed by atoms with E-state index >= 15 is 0 Å². The number of rotatable bonds is 9. The van der Waals surface area contributed by atoms with E-state index in [1.54, 1.807) is 31.4 Å². The first-order valence-corrected chi connectivity index (χ1v) is 10.5. The maximum Gasteiger partial charge on any atom is 0.261 e. The Kier molecular flexibility index (Phi) is 6.00. The number of amides is 1. The van der Waals surface area contributed by atoms with Gasteiger partial charge in [-0.1, -0.05) is 12.1 Å². The topological polar surface area (TPSA) is 84.5 Å². The lowest BCUT2D eigenvalue weighted by Gasteiger charge is -2.16. The summed E-state index contributed by atoms with van der Waals surface area (Å²) in [5, 5.41) is 2.94. The van der Waals surface area contributed by atoms with Gasteiger partial charge in [-0.3, -0.25) is 9.52 Å². The summed E-state index contributed by atoms with van der Waals surface area (Å²) in [4.78, 5) is 12.5. The first-order chi connectivity index (χ1) is 13.4. The van der Waals surface area contributed by atoms with Crippen LogP contribution in [0.5, 0.6) is 0 Å². The van der Waals surface area contributed by atoms with Crippen molar-refractivity contribution in [1.29, 1.82) is 0 Å². The molecule has 0 aliphatic heterocycles. The van der Waals surface area contributed by atoms with Crippen molar-refractivity contribution in [3.8, 4) is 0 Å². The Morgan fingerprint density at radius 1 is 1.11 bits per heavy atom. The van der Waals surface area contributed by atoms with E-state index in [2.05, 4.69) is 10.0 Å². The van der Waals surface area contributed by atoms with Crippen LogP contribution in [-0.4, -0.2) is 34.6 Å². The molecule has 28 heavy (non-hydrogen) atoms. The van der Waals surface area contributed by atoms with Crippen LogP contribution in [0.15, 0.2) is 53.4 Å². The average Bonchev–Trinajstić information content (AvgIpc) is 3.48. The molecule has 0 heterocycles. The summed E-state index contributed by atoms with van der Waals surface area (Å²) >= 11 is 0. The van der Waals surface area contributed by atoms with Gasteiger partial charge in [0.25, 0.3) is 10.0 Å². The minimum atomic E-state index is -3.80. The third kappa shape index (κ3) is 4.51. The fourth-order valence-electron chi connectivity index (χ4n) is 3.04. The summed E-state index contributed by atoms with van der Waals surface area (Å²) in [6, 6.07) is 11.4. The molecule has 2 N–H and O–H groups in total. The Hall–Kier alpha value is -2.45. The molecule has 0 atom stereocenters. The van der Waals surface area contributed by atoms with Crippen molar-refractivity contribution in [3.05, 3.63) is 59.9 Å². The molecule has 1 saturated carbocycles. The molecule has 0 spiro atoms. The molecule has 150 valence electrons. The number of carbonyl (C=O) groups excluding carboxylic acids is 1. The molecule has 1 aliphatic rings. The quantitative estimate of drug-likeness (QED) is 0.627. The van der Waals surface area contributed by atoms with Gasteiger partial charge in [0, 0.05) is 25.9 Å². The highest BCUT2D eigenvalue weighted by atomic mass is 32.2. The normalized spacial score (nSPS) is 15.1. The van der Waals surface area contributed by atoms with Crippen LogP contribution < -0.4 is 10.0 Å². The monoisotopic (exact) mass is 406 g/mol. The second kappa shape index (κ2) is 8.28. The summed E-state index contributed by atoms with van der Waals surface area (Å²) in [5.41, 5.74) is 0.715. The zero-order valence-electron chi connectivity index (χ0n) is 15.6. The zero-order chi connectivity index (χ0) is 20.2. The van der Waals surface area contributed by atoms with E-state index in [1.807, 2.05) is 0 Å². The van der Waals surface area contributed by atoms with E-state index in [1.165, 1.54) is 12.1 Å². The summed E-state index contributed by atoms with van der Waals surface area (Å²) in [6.07, 6.45) is 2.29. The van der Waals surface area contributed by atoms with Gasteiger partial charge in [-0.05, 0) is 61.2 Å². The molecule has 3 rings (SSSR count). The van der Waals surface area contributed by atoms with Crippen molar-refractivity contribution in [3.63, 3.8) is 0 Å². The van der Waals surface area contributed by atoms with E-state index in [0.717, 1.165) is 37.0 Å². The van der Waals surface area contributed by atoms with Gasteiger partial charge in [0.15, 0.2) is 0 Å². The lowest BCUT2D eigenvalue weighted by molar-refractivity contribution is -0.123. The summed E-state index contributed by atoms with van der Waals surface area (Å²) < 4.78 is 45.2. The molecule has 2 aromatic carbocycles. The third-order valence-electron chi connectivity index (χ3n) is 4.81. The highest BCUT2D eigenvalue weighted by Gasteiger charge is 2.50. The summed E-state index contributed by atoms with van der Waals surface area (Å²) in [6.45, 7) is 1.15. The van der Waals surface area contributed by atoms with Gasteiger partial charge >= 0.3 is 0 Å². The van der Waals surface area contributed by atoms with E-state index in [0.29, 0.717) is 18.8 Å². The van der Waals surface area contributed by atoms with Crippen molar-refractivity contribution < 1.29 is 22.3 Å². The van der Waals surface area contributed by atoms with Gasteiger partial charge in [-0.25, -0.2) is 12.8 Å². The average molecular weight is 406 g/mol. The van der Waals surface area contributed by atoms with Crippen LogP contribution in [0.4, 0.5) is 10.1 Å². The Bertz CT molecular complexity index is 924. The third-order valence-corrected chi connectivity index (χ3v) is 6.21. The van der Waals surface area contributed by atoms with Gasteiger partial charge in [0.1, 0.15) is 5.82 Å². The maximum absolute atomic E-state index is 13.0. The minimum absolute atomic E-state index is 0.0109. The van der Waals surface area contributed by atoms with E-state index in [9.17, 15) is 17.6 Å². The molecular weight excluding hydrogens is 383 g/mol. The number of methoxy groups -OCH3 is 1.